The van der Waals surface area contributed by atoms with Crippen LogP contribution >= 0.6 is 0 Å². The van der Waals surface area contributed by atoms with Crippen LogP contribution in [0.25, 0.3) is 0 Å². The molecule has 0 saturated carbocycles. The normalized spacial score (nSPS) is 11.1. The van der Waals surface area contributed by atoms with E-state index in [1.54, 1.807) is 0 Å². The second-order valence-corrected chi connectivity index (χ2v) is 5.26. The first-order valence-corrected chi connectivity index (χ1v) is 7.81. The Morgan fingerprint density at radius 2 is 1.72 bits per heavy atom. The number of para-hydroxylation sites is 1. The van der Waals surface area contributed by atoms with Gasteiger partial charge < -0.3 is 14.3 Å². The van der Waals surface area contributed by atoms with Gasteiger partial charge in [-0.25, -0.2) is 4.79 Å². The summed E-state index contributed by atoms with van der Waals surface area (Å²) in [7, 11) is 2.85. The van der Waals surface area contributed by atoms with Crippen LogP contribution in [0.1, 0.15) is 18.1 Å². The van der Waals surface area contributed by atoms with Gasteiger partial charge in [0.05, 0.1) is 18.5 Å². The quantitative estimate of drug-likeness (QED) is 0.436. The van der Waals surface area contributed by atoms with E-state index in [-0.39, 0.29) is 13.3 Å². The maximum atomic E-state index is 12.0. The number of carbonyl (C=O) groups is 1. The molecule has 0 atom stereocenters. The lowest BCUT2D eigenvalue weighted by Gasteiger charge is -2.22. The molecule has 0 N–H and O–H groups in total. The lowest BCUT2D eigenvalue weighted by atomic mass is 10.1. The van der Waals surface area contributed by atoms with Gasteiger partial charge in [0, 0.05) is 12.7 Å². The van der Waals surface area contributed by atoms with Crippen LogP contribution in [0, 0.1) is 0 Å². The van der Waals surface area contributed by atoms with Crippen molar-refractivity contribution in [3.8, 4) is 0 Å². The molecule has 2 aromatic rings. The first kappa shape index (κ1) is 18.5. The minimum absolute atomic E-state index is 0.0794. The summed E-state index contributed by atoms with van der Waals surface area (Å²) in [5.74, 6) is 0. The number of hydrogen-bond donors (Lipinski definition) is 0. The van der Waals surface area contributed by atoms with E-state index in [1.165, 1.54) is 19.1 Å². The number of carbonyl (C=O) groups excluding carboxylic acids is 1. The molecule has 6 nitrogen and oxygen atoms in total. The zero-order valence-electron chi connectivity index (χ0n) is 14.6. The van der Waals surface area contributed by atoms with Crippen LogP contribution in [-0.4, -0.2) is 32.8 Å². The van der Waals surface area contributed by atoms with Crippen molar-refractivity contribution in [2.75, 3.05) is 25.9 Å². The van der Waals surface area contributed by atoms with Crippen LogP contribution in [-0.2, 0) is 20.9 Å². The highest BCUT2D eigenvalue weighted by molar-refractivity contribution is 5.98. The van der Waals surface area contributed by atoms with Crippen molar-refractivity contribution in [2.45, 2.75) is 13.5 Å². The van der Waals surface area contributed by atoms with Gasteiger partial charge in [0.1, 0.15) is 13.3 Å². The number of ether oxygens (including phenoxy) is 2. The number of nitrogens with zero attached hydrogens (tertiary/aromatic N) is 2. The Morgan fingerprint density at radius 3 is 2.40 bits per heavy atom. The molecular weight excluding hydrogens is 320 g/mol. The molecule has 2 rings (SSSR count). The number of amides is 1. The Morgan fingerprint density at radius 1 is 1.04 bits per heavy atom. The van der Waals surface area contributed by atoms with Crippen LogP contribution in [0.4, 0.5) is 10.5 Å². The summed E-state index contributed by atoms with van der Waals surface area (Å²) in [6, 6.07) is 17.2. The summed E-state index contributed by atoms with van der Waals surface area (Å²) >= 11 is 0. The van der Waals surface area contributed by atoms with Gasteiger partial charge >= 0.3 is 6.09 Å². The van der Waals surface area contributed by atoms with E-state index in [4.69, 9.17) is 14.3 Å². The second kappa shape index (κ2) is 9.44. The molecule has 132 valence electrons. The van der Waals surface area contributed by atoms with Crippen molar-refractivity contribution in [1.82, 2.24) is 0 Å². The summed E-state index contributed by atoms with van der Waals surface area (Å²) in [5, 5.41) is 4.15. The lowest BCUT2D eigenvalue weighted by molar-refractivity contribution is 0.129. The third-order valence-corrected chi connectivity index (χ3v) is 3.55. The van der Waals surface area contributed by atoms with E-state index in [0.717, 1.165) is 16.8 Å². The summed E-state index contributed by atoms with van der Waals surface area (Å²) < 4.78 is 9.91. The molecule has 0 bridgehead atoms. The van der Waals surface area contributed by atoms with Gasteiger partial charge in [-0.3, -0.25) is 4.90 Å². The molecule has 0 aromatic heterocycles. The number of hydrogen-bond acceptors (Lipinski definition) is 5. The fourth-order valence-corrected chi connectivity index (χ4v) is 2.29. The summed E-state index contributed by atoms with van der Waals surface area (Å²) in [6.07, 6.45) is -0.502. The zero-order chi connectivity index (χ0) is 18.1. The number of anilines is 1. The van der Waals surface area contributed by atoms with Gasteiger partial charge in [0.2, 0.25) is 0 Å². The van der Waals surface area contributed by atoms with Crippen molar-refractivity contribution in [1.29, 1.82) is 0 Å². The van der Waals surface area contributed by atoms with Crippen LogP contribution in [0.3, 0.4) is 0 Å². The Balaban J connectivity index is 2.13. The molecule has 0 heterocycles. The molecular formula is C19H22N2O4. The van der Waals surface area contributed by atoms with Crippen LogP contribution in [0.15, 0.2) is 59.8 Å². The Hall–Kier alpha value is -2.86. The van der Waals surface area contributed by atoms with Crippen molar-refractivity contribution in [2.24, 2.45) is 5.16 Å². The first-order valence-electron chi connectivity index (χ1n) is 7.81. The fourth-order valence-electron chi connectivity index (χ4n) is 2.29. The summed E-state index contributed by atoms with van der Waals surface area (Å²) in [4.78, 5) is 18.9. The minimum Gasteiger partial charge on any atom is -0.452 e. The van der Waals surface area contributed by atoms with E-state index in [0.29, 0.717) is 5.69 Å². The first-order chi connectivity index (χ1) is 12.2. The highest BCUT2D eigenvalue weighted by atomic mass is 16.6. The van der Waals surface area contributed by atoms with Crippen LogP contribution in [0.2, 0.25) is 0 Å². The molecule has 0 aliphatic carbocycles. The molecule has 6 heteroatoms. The lowest BCUT2D eigenvalue weighted by Crippen LogP contribution is -2.33. The number of methoxy groups -OCH3 is 2. The third-order valence-electron chi connectivity index (χ3n) is 3.55. The zero-order valence-corrected chi connectivity index (χ0v) is 14.6. The summed E-state index contributed by atoms with van der Waals surface area (Å²) in [5.41, 5.74) is 3.23. The van der Waals surface area contributed by atoms with Gasteiger partial charge in [-0.2, -0.15) is 0 Å². The molecule has 0 saturated heterocycles. The maximum absolute atomic E-state index is 12.0. The Labute approximate surface area is 147 Å². The minimum atomic E-state index is -0.502. The largest absolute Gasteiger partial charge is 0.452 e. The van der Waals surface area contributed by atoms with Gasteiger partial charge in [0.15, 0.2) is 0 Å². The van der Waals surface area contributed by atoms with Crippen molar-refractivity contribution >= 4 is 17.5 Å². The predicted octanol–water partition coefficient (Wildman–Crippen LogP) is 3.80. The summed E-state index contributed by atoms with van der Waals surface area (Å²) in [6.45, 7) is 2.18. The monoisotopic (exact) mass is 342 g/mol. The van der Waals surface area contributed by atoms with Gasteiger partial charge in [-0.1, -0.05) is 53.7 Å². The molecule has 1 amide bonds. The van der Waals surface area contributed by atoms with Crippen molar-refractivity contribution in [3.05, 3.63) is 65.7 Å². The molecule has 2 aromatic carbocycles. The molecule has 25 heavy (non-hydrogen) atoms. The predicted molar refractivity (Wildman–Crippen MR) is 96.6 cm³/mol. The molecule has 0 aliphatic heterocycles. The molecule has 0 radical (unpaired) electrons. The van der Waals surface area contributed by atoms with E-state index < -0.39 is 6.09 Å². The third kappa shape index (κ3) is 5.06. The van der Waals surface area contributed by atoms with Crippen molar-refractivity contribution in [3.63, 3.8) is 0 Å². The van der Waals surface area contributed by atoms with Crippen molar-refractivity contribution < 1.29 is 19.1 Å². The van der Waals surface area contributed by atoms with E-state index in [1.807, 2.05) is 61.5 Å². The van der Waals surface area contributed by atoms with E-state index in [9.17, 15) is 4.79 Å². The fraction of sp³-hybridized carbons (Fsp3) is 0.263. The van der Waals surface area contributed by atoms with Gasteiger partial charge in [0.25, 0.3) is 0 Å². The topological polar surface area (TPSA) is 60.4 Å². The van der Waals surface area contributed by atoms with Crippen LogP contribution in [0.5, 0.6) is 0 Å². The van der Waals surface area contributed by atoms with Gasteiger partial charge in [-0.05, 0) is 18.6 Å². The van der Waals surface area contributed by atoms with E-state index >= 15 is 0 Å². The van der Waals surface area contributed by atoms with Crippen LogP contribution < -0.4 is 4.90 Å². The Kier molecular flexibility index (Phi) is 6.98. The average Bonchev–Trinajstić information content (AvgIpc) is 2.66. The molecule has 0 aliphatic rings. The van der Waals surface area contributed by atoms with E-state index in [2.05, 4.69) is 5.16 Å². The average molecular weight is 342 g/mol. The van der Waals surface area contributed by atoms with Gasteiger partial charge in [-0.15, -0.1) is 0 Å². The maximum Gasteiger partial charge on any atom is 0.415 e. The second-order valence-electron chi connectivity index (χ2n) is 5.26. The highest BCUT2D eigenvalue weighted by Crippen LogP contribution is 2.22. The number of oxime groups is 1. The standard InChI is InChI=1S/C19H22N2O4/c1-15(16-9-5-4-6-10-16)20-25-13-17-11-7-8-12-18(17)21(14-23-2)19(22)24-3/h4-12H,13-14H2,1-3H3. The number of rotatable bonds is 7. The highest BCUT2D eigenvalue weighted by Gasteiger charge is 2.19. The molecule has 0 spiro atoms. The SMILES string of the molecule is COCN(C(=O)OC)c1ccccc1CON=C(C)c1ccccc1. The molecule has 0 fully saturated rings. The number of benzene rings is 2. The molecule has 0 unspecified atom stereocenters. The Bertz CT molecular complexity index is 716. The smallest absolute Gasteiger partial charge is 0.415 e.